The highest BCUT2D eigenvalue weighted by atomic mass is 35.5. The van der Waals surface area contributed by atoms with Gasteiger partial charge in [-0.15, -0.1) is 0 Å². The van der Waals surface area contributed by atoms with Gasteiger partial charge in [-0.25, -0.2) is 9.97 Å². The molecule has 47 heavy (non-hydrogen) atoms. The van der Waals surface area contributed by atoms with E-state index in [1.807, 2.05) is 4.57 Å². The molecular formula is C33H61ClN6O4Si3. The molecule has 0 radical (unpaired) electrons. The van der Waals surface area contributed by atoms with Gasteiger partial charge in [0.1, 0.15) is 29.9 Å². The number of imidazole rings is 1. The predicted octanol–water partition coefficient (Wildman–Crippen LogP) is 9.26. The fourth-order valence-electron chi connectivity index (χ4n) is 4.51. The van der Waals surface area contributed by atoms with E-state index < -0.39 is 49.5 Å². The van der Waals surface area contributed by atoms with E-state index in [9.17, 15) is 5.26 Å². The molecule has 3 rings (SSSR count). The molecule has 1 fully saturated rings. The minimum absolute atomic E-state index is 0.0174. The second kappa shape index (κ2) is 13.1. The number of fused-ring (bicyclic) bond motifs is 1. The second-order valence-corrected chi connectivity index (χ2v) is 33.3. The number of nitriles is 1. The lowest BCUT2D eigenvalue weighted by molar-refractivity contribution is -0.0461. The lowest BCUT2D eigenvalue weighted by Gasteiger charge is -2.44. The normalized spacial score (nSPS) is 22.2. The van der Waals surface area contributed by atoms with Crippen molar-refractivity contribution >= 4 is 53.7 Å². The summed E-state index contributed by atoms with van der Waals surface area (Å²) in [5, 5.41) is 13.3. The molecule has 3 heterocycles. The van der Waals surface area contributed by atoms with Crippen LogP contribution in [0.4, 0.5) is 5.95 Å². The quantitative estimate of drug-likeness (QED) is 0.200. The van der Waals surface area contributed by atoms with Crippen molar-refractivity contribution in [2.24, 2.45) is 0 Å². The third kappa shape index (κ3) is 8.68. The molecule has 4 atom stereocenters. The van der Waals surface area contributed by atoms with E-state index in [4.69, 9.17) is 34.6 Å². The Labute approximate surface area is 292 Å². The summed E-state index contributed by atoms with van der Waals surface area (Å²) >= 11 is 6.64. The molecule has 0 aromatic carbocycles. The summed E-state index contributed by atoms with van der Waals surface area (Å²) in [4.78, 5) is 13.7. The summed E-state index contributed by atoms with van der Waals surface area (Å²) in [6.45, 7) is 40.2. The van der Waals surface area contributed by atoms with Crippen LogP contribution >= 0.6 is 11.6 Å². The van der Waals surface area contributed by atoms with Crippen molar-refractivity contribution in [3.8, 4) is 6.07 Å². The largest absolute Gasteiger partial charge is 0.414 e. The van der Waals surface area contributed by atoms with Gasteiger partial charge in [0.2, 0.25) is 11.8 Å². The van der Waals surface area contributed by atoms with Crippen LogP contribution in [0.2, 0.25) is 59.5 Å². The SMILES string of the molecule is CC(C)(C)Nc1nc2c(Cl)nc(C#N)nc2n1[C@@H]1O[C@H](CO[Si](C)(C)C(C)(C)C)[C@@H](O[Si](C)(C)C(C)(C)C)[C@H]1O[Si](C)(C)C(C)(C)C. The van der Waals surface area contributed by atoms with Crippen LogP contribution in [0.3, 0.4) is 0 Å². The Kier molecular flexibility index (Phi) is 11.1. The van der Waals surface area contributed by atoms with E-state index in [-0.39, 0.29) is 31.6 Å². The summed E-state index contributed by atoms with van der Waals surface area (Å²) < 4.78 is 30.6. The Hall–Kier alpha value is -1.38. The van der Waals surface area contributed by atoms with E-state index in [0.29, 0.717) is 23.7 Å². The number of ether oxygens (including phenoxy) is 1. The summed E-state index contributed by atoms with van der Waals surface area (Å²) in [6, 6.07) is 2.05. The van der Waals surface area contributed by atoms with Crippen molar-refractivity contribution < 1.29 is 18.0 Å². The summed E-state index contributed by atoms with van der Waals surface area (Å²) in [7, 11) is -6.91. The maximum atomic E-state index is 9.81. The van der Waals surface area contributed by atoms with E-state index >= 15 is 0 Å². The number of anilines is 1. The highest BCUT2D eigenvalue weighted by Gasteiger charge is 2.55. The zero-order chi connectivity index (χ0) is 36.3. The molecule has 2 aromatic rings. The van der Waals surface area contributed by atoms with Crippen molar-refractivity contribution in [1.29, 1.82) is 5.26 Å². The van der Waals surface area contributed by atoms with Crippen LogP contribution in [0.25, 0.3) is 11.2 Å². The number of nitrogens with one attached hydrogen (secondary N) is 1. The molecule has 0 aliphatic carbocycles. The third-order valence-corrected chi connectivity index (χ3v) is 24.2. The average molecular weight is 726 g/mol. The molecular weight excluding hydrogens is 664 g/mol. The van der Waals surface area contributed by atoms with Gasteiger partial charge in [0.25, 0.3) is 0 Å². The van der Waals surface area contributed by atoms with E-state index in [1.54, 1.807) is 0 Å². The van der Waals surface area contributed by atoms with Crippen LogP contribution < -0.4 is 5.32 Å². The van der Waals surface area contributed by atoms with Crippen molar-refractivity contribution in [3.63, 3.8) is 0 Å². The zero-order valence-corrected chi connectivity index (χ0v) is 36.0. The minimum Gasteiger partial charge on any atom is -0.414 e. The number of nitrogens with zero attached hydrogens (tertiary/aromatic N) is 5. The fraction of sp³-hybridized carbons (Fsp3) is 0.818. The number of hydrogen-bond donors (Lipinski definition) is 1. The highest BCUT2D eigenvalue weighted by Crippen LogP contribution is 2.48. The van der Waals surface area contributed by atoms with Gasteiger partial charge >= 0.3 is 0 Å². The molecule has 0 spiro atoms. The Morgan fingerprint density at radius 2 is 1.28 bits per heavy atom. The molecule has 2 aromatic heterocycles. The van der Waals surface area contributed by atoms with Crippen LogP contribution in [-0.4, -0.2) is 74.9 Å². The van der Waals surface area contributed by atoms with Gasteiger partial charge in [-0.2, -0.15) is 10.2 Å². The number of rotatable bonds is 9. The molecule has 1 aliphatic heterocycles. The van der Waals surface area contributed by atoms with Gasteiger partial charge in [-0.05, 0) is 75.2 Å². The highest BCUT2D eigenvalue weighted by molar-refractivity contribution is 6.75. The third-order valence-electron chi connectivity index (χ3n) is 10.5. The van der Waals surface area contributed by atoms with Gasteiger partial charge in [-0.3, -0.25) is 4.57 Å². The van der Waals surface area contributed by atoms with E-state index in [0.717, 1.165) is 0 Å². The number of halogens is 1. The topological polar surface area (TPSA) is 116 Å². The molecule has 266 valence electrons. The standard InChI is InChI=1S/C33H61ClN6O4Si3/c1-30(2,3)39-29-38-23-26(34)36-22(19-35)37-27(23)40(29)28-25(44-47(17,18)33(10,11)12)24(43-46(15,16)32(7,8)9)21(42-28)20-41-45(13,14)31(4,5)6/h21,24-25,28H,20H2,1-18H3,(H,38,39)/t21-,24-,25-,28-/m1/s1. The Balaban J connectivity index is 2.36. The summed E-state index contributed by atoms with van der Waals surface area (Å²) in [5.41, 5.74) is 0.419. The fourth-order valence-corrected chi connectivity index (χ4v) is 8.34. The van der Waals surface area contributed by atoms with E-state index in [2.05, 4.69) is 144 Å². The van der Waals surface area contributed by atoms with Crippen molar-refractivity contribution in [3.05, 3.63) is 11.0 Å². The van der Waals surface area contributed by atoms with Gasteiger partial charge < -0.3 is 23.3 Å². The van der Waals surface area contributed by atoms with Crippen LogP contribution in [0.5, 0.6) is 0 Å². The molecule has 0 saturated carbocycles. The molecule has 0 bridgehead atoms. The van der Waals surface area contributed by atoms with Gasteiger partial charge in [0, 0.05) is 5.54 Å². The van der Waals surface area contributed by atoms with Crippen molar-refractivity contribution in [2.45, 2.75) is 168 Å². The Morgan fingerprint density at radius 1 is 0.787 bits per heavy atom. The average Bonchev–Trinajstić information content (AvgIpc) is 3.36. The van der Waals surface area contributed by atoms with Gasteiger partial charge in [0.15, 0.2) is 42.0 Å². The van der Waals surface area contributed by atoms with Crippen LogP contribution in [-0.2, 0) is 18.0 Å². The first-order valence-electron chi connectivity index (χ1n) is 16.7. The lowest BCUT2D eigenvalue weighted by atomic mass is 10.1. The molecule has 10 nitrogen and oxygen atoms in total. The maximum Gasteiger partial charge on any atom is 0.235 e. The Morgan fingerprint density at radius 3 is 1.72 bits per heavy atom. The summed E-state index contributed by atoms with van der Waals surface area (Å²) in [5.74, 6) is 0.461. The molecule has 1 N–H and O–H groups in total. The smallest absolute Gasteiger partial charge is 0.235 e. The minimum atomic E-state index is -2.41. The Bertz CT molecular complexity index is 1480. The van der Waals surface area contributed by atoms with Crippen LogP contribution in [0, 0.1) is 11.3 Å². The molecule has 14 heteroatoms. The van der Waals surface area contributed by atoms with E-state index in [1.165, 1.54) is 0 Å². The maximum absolute atomic E-state index is 9.81. The molecule has 0 unspecified atom stereocenters. The molecule has 0 amide bonds. The number of hydrogen-bond acceptors (Lipinski definition) is 9. The zero-order valence-electron chi connectivity index (χ0n) is 32.3. The van der Waals surface area contributed by atoms with Crippen LogP contribution in [0.15, 0.2) is 0 Å². The molecule has 1 aliphatic rings. The summed E-state index contributed by atoms with van der Waals surface area (Å²) in [6.07, 6.45) is -2.12. The first-order chi connectivity index (χ1) is 20.9. The number of aromatic nitrogens is 4. The van der Waals surface area contributed by atoms with Crippen molar-refractivity contribution in [2.75, 3.05) is 11.9 Å². The lowest BCUT2D eigenvalue weighted by Crippen LogP contribution is -2.54. The second-order valence-electron chi connectivity index (χ2n) is 18.6. The molecule has 1 saturated heterocycles. The van der Waals surface area contributed by atoms with Gasteiger partial charge in [0.05, 0.1) is 6.61 Å². The van der Waals surface area contributed by atoms with Gasteiger partial charge in [-0.1, -0.05) is 73.9 Å². The monoisotopic (exact) mass is 724 g/mol. The van der Waals surface area contributed by atoms with Crippen molar-refractivity contribution in [1.82, 2.24) is 19.5 Å². The van der Waals surface area contributed by atoms with Crippen LogP contribution in [0.1, 0.15) is 95.1 Å². The first-order valence-corrected chi connectivity index (χ1v) is 25.8. The predicted molar refractivity (Wildman–Crippen MR) is 200 cm³/mol. The first kappa shape index (κ1) is 40.1.